The van der Waals surface area contributed by atoms with E-state index in [1.54, 1.807) is 0 Å². The van der Waals surface area contributed by atoms with Gasteiger partial charge in [0, 0.05) is 29.4 Å². The van der Waals surface area contributed by atoms with Crippen LogP contribution < -0.4 is 10.4 Å². The summed E-state index contributed by atoms with van der Waals surface area (Å²) in [5.74, 6) is 0.362. The van der Waals surface area contributed by atoms with Crippen LogP contribution in [-0.2, 0) is 7.05 Å². The van der Waals surface area contributed by atoms with Gasteiger partial charge in [0.15, 0.2) is 0 Å². The van der Waals surface area contributed by atoms with Crippen molar-refractivity contribution in [2.45, 2.75) is 6.92 Å². The molecule has 0 spiro atoms. The molecule has 1 nitrogen and oxygen atoms in total. The van der Waals surface area contributed by atoms with E-state index in [1.807, 2.05) is 6.08 Å². The molecule has 0 N–H and O–H groups in total. The number of hydrogen-bond donors (Lipinski definition) is 0. The topological polar surface area (TPSA) is 4.93 Å². The predicted molar refractivity (Wildman–Crippen MR) is 152 cm³/mol. The summed E-state index contributed by atoms with van der Waals surface area (Å²) in [4.78, 5) is 0. The third-order valence-electron chi connectivity index (χ3n) is 7.14. The van der Waals surface area contributed by atoms with Crippen molar-refractivity contribution in [2.24, 2.45) is 13.0 Å². The Balaban J connectivity index is 1.72. The molecule has 0 bridgehead atoms. The number of hydrogen-bond acceptors (Lipinski definition) is 0. The van der Waals surface area contributed by atoms with Crippen molar-refractivity contribution >= 4 is 22.0 Å². The van der Waals surface area contributed by atoms with Crippen LogP contribution in [0.5, 0.6) is 0 Å². The van der Waals surface area contributed by atoms with Crippen LogP contribution in [0.15, 0.2) is 127 Å². The minimum atomic E-state index is 0.362. The van der Waals surface area contributed by atoms with Crippen LogP contribution in [0.2, 0.25) is 0 Å². The zero-order valence-electron chi connectivity index (χ0n) is 20.6. The second-order valence-corrected chi connectivity index (χ2v) is 9.38. The SMILES string of the molecule is CC1C=CC=[C]C1=c1ccc(=C(c2ccccc2)c2c(-c3ccccc3)n(C)c3ccccc23)cc1. The minimum Gasteiger partial charge on any atom is -0.343 e. The average Bonchev–Trinajstić information content (AvgIpc) is 3.23. The maximum Gasteiger partial charge on any atom is 0.0568 e. The Morgan fingerprint density at radius 1 is 0.750 bits per heavy atom. The van der Waals surface area contributed by atoms with E-state index < -0.39 is 0 Å². The number of para-hydroxylation sites is 1. The van der Waals surface area contributed by atoms with Gasteiger partial charge in [-0.25, -0.2) is 0 Å². The number of nitrogens with zero attached hydrogens (tertiary/aromatic N) is 1. The molecule has 1 heteroatoms. The average molecular weight is 463 g/mol. The standard InChI is InChI=1S/C35H28N/c1-25-13-9-10-18-30(25)26-21-23-28(24-22-26)33(27-14-5-3-6-15-27)34-31-19-11-12-20-32(31)36(2)35(34)29-16-7-4-8-17-29/h3-17,19-25H,1-2H3. The van der Waals surface area contributed by atoms with Crippen LogP contribution in [0.4, 0.5) is 0 Å². The highest BCUT2D eigenvalue weighted by Gasteiger charge is 2.21. The summed E-state index contributed by atoms with van der Waals surface area (Å²) in [6.07, 6.45) is 9.76. The normalized spacial score (nSPS) is 14.9. The van der Waals surface area contributed by atoms with E-state index in [4.69, 9.17) is 0 Å². The van der Waals surface area contributed by atoms with Gasteiger partial charge in [-0.3, -0.25) is 0 Å². The first kappa shape index (κ1) is 22.1. The summed E-state index contributed by atoms with van der Waals surface area (Å²) >= 11 is 0. The van der Waals surface area contributed by atoms with Crippen LogP contribution in [0.3, 0.4) is 0 Å². The Labute approximate surface area is 212 Å². The van der Waals surface area contributed by atoms with E-state index in [0.717, 1.165) is 0 Å². The molecule has 36 heavy (non-hydrogen) atoms. The Morgan fingerprint density at radius 2 is 1.42 bits per heavy atom. The van der Waals surface area contributed by atoms with Gasteiger partial charge in [-0.2, -0.15) is 0 Å². The first-order chi connectivity index (χ1) is 17.7. The fraction of sp³-hybridized carbons (Fsp3) is 0.0857. The highest BCUT2D eigenvalue weighted by atomic mass is 15.0. The summed E-state index contributed by atoms with van der Waals surface area (Å²) in [6.45, 7) is 2.23. The van der Waals surface area contributed by atoms with Gasteiger partial charge in [0.25, 0.3) is 0 Å². The highest BCUT2D eigenvalue weighted by Crippen LogP contribution is 2.39. The van der Waals surface area contributed by atoms with E-state index in [9.17, 15) is 0 Å². The lowest BCUT2D eigenvalue weighted by Crippen LogP contribution is -2.16. The molecule has 0 amide bonds. The molecule has 173 valence electrons. The Hall–Kier alpha value is -4.36. The first-order valence-corrected chi connectivity index (χ1v) is 12.5. The van der Waals surface area contributed by atoms with Crippen LogP contribution in [0.25, 0.3) is 33.3 Å². The van der Waals surface area contributed by atoms with E-state index in [1.165, 1.54) is 54.9 Å². The van der Waals surface area contributed by atoms with Gasteiger partial charge in [-0.05, 0) is 44.9 Å². The zero-order valence-corrected chi connectivity index (χ0v) is 20.6. The van der Waals surface area contributed by atoms with Gasteiger partial charge in [0.2, 0.25) is 0 Å². The van der Waals surface area contributed by atoms with Gasteiger partial charge < -0.3 is 4.57 Å². The quantitative estimate of drug-likeness (QED) is 0.278. The molecule has 1 heterocycles. The Morgan fingerprint density at radius 3 is 2.14 bits per heavy atom. The van der Waals surface area contributed by atoms with E-state index in [2.05, 4.69) is 146 Å². The molecule has 0 saturated carbocycles. The van der Waals surface area contributed by atoms with Crippen molar-refractivity contribution in [1.82, 2.24) is 4.57 Å². The lowest BCUT2D eigenvalue weighted by molar-refractivity contribution is 0.952. The molecular weight excluding hydrogens is 434 g/mol. The molecule has 4 aromatic carbocycles. The fourth-order valence-corrected chi connectivity index (χ4v) is 5.39. The fourth-order valence-electron chi connectivity index (χ4n) is 5.39. The minimum absolute atomic E-state index is 0.362. The molecule has 6 rings (SSSR count). The van der Waals surface area contributed by atoms with E-state index >= 15 is 0 Å². The molecule has 0 saturated heterocycles. The number of rotatable bonds is 3. The molecule has 1 unspecified atom stereocenters. The van der Waals surface area contributed by atoms with Gasteiger partial charge in [0.1, 0.15) is 0 Å². The van der Waals surface area contributed by atoms with Crippen molar-refractivity contribution in [3.05, 3.63) is 155 Å². The van der Waals surface area contributed by atoms with E-state index in [0.29, 0.717) is 5.92 Å². The maximum atomic E-state index is 3.45. The summed E-state index contributed by atoms with van der Waals surface area (Å²) in [5.41, 5.74) is 8.65. The zero-order chi connectivity index (χ0) is 24.5. The number of aryl methyl sites for hydroxylation is 1. The maximum absolute atomic E-state index is 3.45. The van der Waals surface area contributed by atoms with E-state index in [-0.39, 0.29) is 0 Å². The predicted octanol–water partition coefficient (Wildman–Crippen LogP) is 6.81. The summed E-state index contributed by atoms with van der Waals surface area (Å²) < 4.78 is 2.34. The molecule has 1 aromatic heterocycles. The first-order valence-electron chi connectivity index (χ1n) is 12.5. The van der Waals surface area contributed by atoms with Crippen LogP contribution >= 0.6 is 0 Å². The molecular formula is C35H28N. The third kappa shape index (κ3) is 3.83. The largest absolute Gasteiger partial charge is 0.343 e. The van der Waals surface area contributed by atoms with Gasteiger partial charge >= 0.3 is 0 Å². The Bertz CT molecular complexity index is 1710. The molecule has 1 aliphatic rings. The smallest absolute Gasteiger partial charge is 0.0568 e. The number of aromatic nitrogens is 1. The summed E-state index contributed by atoms with van der Waals surface area (Å²) in [5, 5.41) is 3.70. The van der Waals surface area contributed by atoms with Crippen LogP contribution in [0.1, 0.15) is 18.1 Å². The number of allylic oxidation sites excluding steroid dienone is 4. The number of benzene rings is 4. The molecule has 0 fully saturated rings. The lowest BCUT2D eigenvalue weighted by atomic mass is 9.90. The van der Waals surface area contributed by atoms with Crippen molar-refractivity contribution in [3.8, 4) is 11.3 Å². The molecule has 0 aliphatic heterocycles. The second-order valence-electron chi connectivity index (χ2n) is 9.38. The van der Waals surface area contributed by atoms with Crippen molar-refractivity contribution < 1.29 is 0 Å². The molecule has 1 radical (unpaired) electrons. The summed E-state index contributed by atoms with van der Waals surface area (Å²) in [6, 6.07) is 39.3. The lowest BCUT2D eigenvalue weighted by Gasteiger charge is -2.14. The van der Waals surface area contributed by atoms with Crippen molar-refractivity contribution in [3.63, 3.8) is 0 Å². The monoisotopic (exact) mass is 462 g/mol. The van der Waals surface area contributed by atoms with Gasteiger partial charge in [-0.15, -0.1) is 0 Å². The highest BCUT2D eigenvalue weighted by molar-refractivity contribution is 6.04. The molecule has 5 aromatic rings. The van der Waals surface area contributed by atoms with Gasteiger partial charge in [-0.1, -0.05) is 128 Å². The molecule has 1 atom stereocenters. The number of fused-ring (bicyclic) bond motifs is 1. The van der Waals surface area contributed by atoms with Gasteiger partial charge in [0.05, 0.1) is 5.69 Å². The second kappa shape index (κ2) is 9.36. The van der Waals surface area contributed by atoms with Crippen molar-refractivity contribution in [1.29, 1.82) is 0 Å². The van der Waals surface area contributed by atoms with Crippen molar-refractivity contribution in [2.75, 3.05) is 0 Å². The van der Waals surface area contributed by atoms with Crippen LogP contribution in [0, 0.1) is 12.0 Å². The van der Waals surface area contributed by atoms with Crippen LogP contribution in [-0.4, -0.2) is 4.57 Å². The Kier molecular flexibility index (Phi) is 5.75. The molecule has 1 aliphatic carbocycles. The third-order valence-corrected chi connectivity index (χ3v) is 7.14. The summed E-state index contributed by atoms with van der Waals surface area (Å²) in [7, 11) is 2.18.